The number of anilines is 1. The number of nitrogens with one attached hydrogen (secondary N) is 1. The van der Waals surface area contributed by atoms with Crippen LogP contribution >= 0.6 is 0 Å². The Bertz CT molecular complexity index is 451. The van der Waals surface area contributed by atoms with E-state index in [9.17, 15) is 4.79 Å². The molecule has 2 rings (SSSR count). The lowest BCUT2D eigenvalue weighted by Crippen LogP contribution is -2.40. The van der Waals surface area contributed by atoms with Gasteiger partial charge in [-0.3, -0.25) is 0 Å². The molecule has 1 saturated heterocycles. The Balaban J connectivity index is 1.94. The fourth-order valence-electron chi connectivity index (χ4n) is 2.47. The number of hydrogen-bond acceptors (Lipinski definition) is 1. The van der Waals surface area contributed by atoms with Gasteiger partial charge in [-0.2, -0.15) is 0 Å². The van der Waals surface area contributed by atoms with E-state index in [0.29, 0.717) is 0 Å². The Hall–Kier alpha value is -1.51. The highest BCUT2D eigenvalue weighted by atomic mass is 16.2. The van der Waals surface area contributed by atoms with Gasteiger partial charge in [0.1, 0.15) is 0 Å². The molecule has 0 aromatic heterocycles. The molecule has 1 fully saturated rings. The van der Waals surface area contributed by atoms with Crippen molar-refractivity contribution in [2.24, 2.45) is 5.92 Å². The zero-order chi connectivity index (χ0) is 14.8. The summed E-state index contributed by atoms with van der Waals surface area (Å²) in [6, 6.07) is 8.19. The first-order valence-corrected chi connectivity index (χ1v) is 7.53. The number of hydrogen-bond donors (Lipinski definition) is 1. The normalized spacial score (nSPS) is 17.1. The molecular weight excluding hydrogens is 248 g/mol. The fraction of sp³-hybridized carbons (Fsp3) is 0.588. The molecule has 1 aromatic rings. The number of likely N-dealkylation sites (tertiary alicyclic amines) is 1. The first-order chi connectivity index (χ1) is 9.36. The molecule has 0 saturated carbocycles. The van der Waals surface area contributed by atoms with Crippen LogP contribution in [-0.2, 0) is 5.41 Å². The van der Waals surface area contributed by atoms with Gasteiger partial charge in [0.05, 0.1) is 0 Å². The van der Waals surface area contributed by atoms with Crippen molar-refractivity contribution in [2.75, 3.05) is 18.4 Å². The van der Waals surface area contributed by atoms with Crippen LogP contribution in [0.25, 0.3) is 0 Å². The van der Waals surface area contributed by atoms with E-state index in [-0.39, 0.29) is 11.4 Å². The van der Waals surface area contributed by atoms with Gasteiger partial charge < -0.3 is 10.2 Å². The molecule has 0 bridgehead atoms. The van der Waals surface area contributed by atoms with E-state index in [2.05, 4.69) is 45.1 Å². The van der Waals surface area contributed by atoms with Crippen LogP contribution in [0.5, 0.6) is 0 Å². The van der Waals surface area contributed by atoms with Gasteiger partial charge in [-0.05, 0) is 41.9 Å². The number of carbonyl (C=O) groups is 1. The third kappa shape index (κ3) is 3.75. The smallest absolute Gasteiger partial charge is 0.321 e. The van der Waals surface area contributed by atoms with Crippen molar-refractivity contribution in [1.29, 1.82) is 0 Å². The van der Waals surface area contributed by atoms with Crippen LogP contribution in [0.3, 0.4) is 0 Å². The maximum Gasteiger partial charge on any atom is 0.321 e. The van der Waals surface area contributed by atoms with Crippen molar-refractivity contribution in [2.45, 2.75) is 46.0 Å². The van der Waals surface area contributed by atoms with Gasteiger partial charge in [0, 0.05) is 18.8 Å². The molecule has 3 nitrogen and oxygen atoms in total. The number of carbonyl (C=O) groups excluding carboxylic acids is 1. The lowest BCUT2D eigenvalue weighted by Gasteiger charge is -2.30. The minimum absolute atomic E-state index is 0.0282. The van der Waals surface area contributed by atoms with Gasteiger partial charge in [-0.25, -0.2) is 4.79 Å². The maximum absolute atomic E-state index is 12.2. The van der Waals surface area contributed by atoms with E-state index in [4.69, 9.17) is 0 Å². The van der Waals surface area contributed by atoms with E-state index in [1.807, 2.05) is 17.0 Å². The molecule has 0 aliphatic carbocycles. The van der Waals surface area contributed by atoms with Crippen molar-refractivity contribution in [3.63, 3.8) is 0 Å². The molecule has 1 aliphatic rings. The molecule has 3 heteroatoms. The van der Waals surface area contributed by atoms with Gasteiger partial charge in [-0.15, -0.1) is 0 Å². The first-order valence-electron chi connectivity index (χ1n) is 7.53. The number of piperidine rings is 1. The third-order valence-corrected chi connectivity index (χ3v) is 4.07. The summed E-state index contributed by atoms with van der Waals surface area (Å²) in [6.45, 7) is 10.6. The summed E-state index contributed by atoms with van der Waals surface area (Å²) in [5.74, 6) is 0.741. The van der Waals surface area contributed by atoms with Crippen molar-refractivity contribution < 1.29 is 4.79 Å². The second-order valence-electron chi connectivity index (χ2n) is 6.93. The van der Waals surface area contributed by atoms with E-state index >= 15 is 0 Å². The fourth-order valence-corrected chi connectivity index (χ4v) is 2.47. The Kier molecular flexibility index (Phi) is 4.36. The van der Waals surface area contributed by atoms with Crippen LogP contribution in [0.2, 0.25) is 0 Å². The molecule has 0 atom stereocenters. The summed E-state index contributed by atoms with van der Waals surface area (Å²) in [4.78, 5) is 14.1. The Labute approximate surface area is 122 Å². The summed E-state index contributed by atoms with van der Waals surface area (Å²) >= 11 is 0. The number of amides is 2. The highest BCUT2D eigenvalue weighted by Gasteiger charge is 2.20. The number of benzene rings is 1. The second kappa shape index (κ2) is 5.86. The molecular formula is C17H26N2O. The number of urea groups is 1. The van der Waals surface area contributed by atoms with Gasteiger partial charge in [0.2, 0.25) is 0 Å². The quantitative estimate of drug-likeness (QED) is 0.816. The van der Waals surface area contributed by atoms with Crippen LogP contribution in [0, 0.1) is 5.92 Å². The topological polar surface area (TPSA) is 32.3 Å². The molecule has 1 heterocycles. The molecule has 110 valence electrons. The van der Waals surface area contributed by atoms with E-state index < -0.39 is 0 Å². The monoisotopic (exact) mass is 274 g/mol. The minimum Gasteiger partial charge on any atom is -0.325 e. The summed E-state index contributed by atoms with van der Waals surface area (Å²) in [5.41, 5.74) is 2.30. The molecule has 0 spiro atoms. The maximum atomic E-state index is 12.2. The van der Waals surface area contributed by atoms with Crippen molar-refractivity contribution >= 4 is 11.7 Å². The molecule has 1 aromatic carbocycles. The molecule has 1 aliphatic heterocycles. The number of nitrogens with zero attached hydrogens (tertiary/aromatic N) is 1. The van der Waals surface area contributed by atoms with Crippen molar-refractivity contribution in [3.8, 4) is 0 Å². The molecule has 2 amide bonds. The van der Waals surface area contributed by atoms with Crippen molar-refractivity contribution in [3.05, 3.63) is 29.8 Å². The Morgan fingerprint density at radius 2 is 1.70 bits per heavy atom. The van der Waals surface area contributed by atoms with Gasteiger partial charge in [0.25, 0.3) is 0 Å². The van der Waals surface area contributed by atoms with Crippen LogP contribution in [0.1, 0.15) is 46.1 Å². The zero-order valence-corrected chi connectivity index (χ0v) is 13.1. The second-order valence-corrected chi connectivity index (χ2v) is 6.93. The first kappa shape index (κ1) is 14.9. The summed E-state index contributed by atoms with van der Waals surface area (Å²) in [6.07, 6.45) is 2.22. The van der Waals surface area contributed by atoms with Gasteiger partial charge >= 0.3 is 6.03 Å². The Morgan fingerprint density at radius 3 is 2.20 bits per heavy atom. The largest absolute Gasteiger partial charge is 0.325 e. The van der Waals surface area contributed by atoms with Crippen molar-refractivity contribution in [1.82, 2.24) is 4.90 Å². The van der Waals surface area contributed by atoms with Crippen LogP contribution < -0.4 is 5.32 Å². The average molecular weight is 274 g/mol. The van der Waals surface area contributed by atoms with Crippen LogP contribution in [-0.4, -0.2) is 24.0 Å². The van der Waals surface area contributed by atoms with E-state index in [1.54, 1.807) is 0 Å². The minimum atomic E-state index is 0.0282. The van der Waals surface area contributed by atoms with Crippen LogP contribution in [0.4, 0.5) is 10.5 Å². The summed E-state index contributed by atoms with van der Waals surface area (Å²) < 4.78 is 0. The summed E-state index contributed by atoms with van der Waals surface area (Å²) in [5, 5.41) is 2.99. The highest BCUT2D eigenvalue weighted by molar-refractivity contribution is 5.89. The standard InChI is InChI=1S/C17H26N2O/c1-13-9-11-19(12-10-13)16(20)18-15-7-5-14(6-8-15)17(2,3)4/h5-8,13H,9-12H2,1-4H3,(H,18,20). The lowest BCUT2D eigenvalue weighted by atomic mass is 9.87. The zero-order valence-electron chi connectivity index (χ0n) is 13.1. The van der Waals surface area contributed by atoms with Gasteiger partial charge in [0.15, 0.2) is 0 Å². The molecule has 1 N–H and O–H groups in total. The lowest BCUT2D eigenvalue weighted by molar-refractivity contribution is 0.186. The molecule has 0 unspecified atom stereocenters. The predicted molar refractivity (Wildman–Crippen MR) is 84.1 cm³/mol. The molecule has 0 radical (unpaired) electrons. The SMILES string of the molecule is CC1CCN(C(=O)Nc2ccc(C(C)(C)C)cc2)CC1. The number of rotatable bonds is 1. The van der Waals surface area contributed by atoms with Crippen LogP contribution in [0.15, 0.2) is 24.3 Å². The van der Waals surface area contributed by atoms with Gasteiger partial charge in [-0.1, -0.05) is 39.8 Å². The molecule has 20 heavy (non-hydrogen) atoms. The Morgan fingerprint density at radius 1 is 1.15 bits per heavy atom. The average Bonchev–Trinajstić information content (AvgIpc) is 2.39. The van der Waals surface area contributed by atoms with E-state index in [1.165, 1.54) is 5.56 Å². The third-order valence-electron chi connectivity index (χ3n) is 4.07. The predicted octanol–water partition coefficient (Wildman–Crippen LogP) is 4.25. The highest BCUT2D eigenvalue weighted by Crippen LogP contribution is 2.24. The summed E-state index contributed by atoms with van der Waals surface area (Å²) in [7, 11) is 0. The van der Waals surface area contributed by atoms with E-state index in [0.717, 1.165) is 37.5 Å².